The Kier molecular flexibility index (Phi) is 8.14. The molecule has 0 atom stereocenters. The van der Waals surface area contributed by atoms with E-state index in [1.54, 1.807) is 0 Å². The van der Waals surface area contributed by atoms with E-state index in [0.29, 0.717) is 0 Å². The predicted octanol–water partition coefficient (Wildman–Crippen LogP) is 18.2. The molecule has 0 aliphatic rings. The van der Waals surface area contributed by atoms with Crippen molar-refractivity contribution in [3.8, 4) is 44.5 Å². The van der Waals surface area contributed by atoms with E-state index in [-0.39, 0.29) is 0 Å². The SMILES string of the molecule is Cc1c(-c2cc3ccccc3c3ccccc23)c(-c2cc3ccccc3c3ccccc23)c(C)c(-c2cc3ccccc3c3ccccc23)c1-c1cc2ccccc2c2ccccc12. The van der Waals surface area contributed by atoms with Crippen LogP contribution in [0.5, 0.6) is 0 Å². The van der Waals surface area contributed by atoms with Crippen LogP contribution in [0.2, 0.25) is 0 Å². The summed E-state index contributed by atoms with van der Waals surface area (Å²) >= 11 is 0. The van der Waals surface area contributed by atoms with Crippen LogP contribution in [0.1, 0.15) is 11.1 Å². The molecule has 0 aliphatic carbocycles. The van der Waals surface area contributed by atoms with Gasteiger partial charge in [0.2, 0.25) is 0 Å². The lowest BCUT2D eigenvalue weighted by Crippen LogP contribution is -2.03. The Morgan fingerprint density at radius 3 is 0.578 bits per heavy atom. The summed E-state index contributed by atoms with van der Waals surface area (Å²) in [6, 6.07) is 81.7. The largest absolute Gasteiger partial charge is 0.0616 e. The monoisotopic (exact) mass is 810 g/mol. The molecule has 0 heteroatoms. The number of rotatable bonds is 4. The van der Waals surface area contributed by atoms with Crippen molar-refractivity contribution in [3.05, 3.63) is 230 Å². The van der Waals surface area contributed by atoms with Crippen LogP contribution in [0.25, 0.3) is 131 Å². The minimum Gasteiger partial charge on any atom is -0.0616 e. The van der Waals surface area contributed by atoms with Crippen LogP contribution in [0.15, 0.2) is 218 Å². The van der Waals surface area contributed by atoms with E-state index >= 15 is 0 Å². The summed E-state index contributed by atoms with van der Waals surface area (Å²) in [5.74, 6) is 0. The molecule has 13 aromatic carbocycles. The molecule has 64 heavy (non-hydrogen) atoms. The first-order chi connectivity index (χ1) is 31.6. The second-order valence-electron chi connectivity index (χ2n) is 17.5. The number of benzene rings is 13. The number of fused-ring (bicyclic) bond motifs is 12. The third-order valence-electron chi connectivity index (χ3n) is 14.1. The van der Waals surface area contributed by atoms with E-state index < -0.39 is 0 Å². The van der Waals surface area contributed by atoms with Crippen molar-refractivity contribution in [1.29, 1.82) is 0 Å². The van der Waals surface area contributed by atoms with Gasteiger partial charge in [0.25, 0.3) is 0 Å². The van der Waals surface area contributed by atoms with Gasteiger partial charge in [0.05, 0.1) is 0 Å². The fourth-order valence-corrected chi connectivity index (χ4v) is 11.4. The highest BCUT2D eigenvalue weighted by Gasteiger charge is 2.28. The lowest BCUT2D eigenvalue weighted by Gasteiger charge is -2.28. The van der Waals surface area contributed by atoms with Crippen LogP contribution in [-0.4, -0.2) is 0 Å². The maximum Gasteiger partial charge on any atom is -0.00601 e. The normalized spacial score (nSPS) is 11.9. The molecule has 0 nitrogen and oxygen atoms in total. The second kappa shape index (κ2) is 14.2. The molecule has 298 valence electrons. The van der Waals surface area contributed by atoms with Crippen molar-refractivity contribution in [3.63, 3.8) is 0 Å². The van der Waals surface area contributed by atoms with Gasteiger partial charge in [-0.1, -0.05) is 194 Å². The van der Waals surface area contributed by atoms with Gasteiger partial charge in [-0.15, -0.1) is 0 Å². The van der Waals surface area contributed by atoms with Crippen LogP contribution in [0.3, 0.4) is 0 Å². The van der Waals surface area contributed by atoms with Gasteiger partial charge in [-0.2, -0.15) is 0 Å². The van der Waals surface area contributed by atoms with Gasteiger partial charge in [0.1, 0.15) is 0 Å². The number of hydrogen-bond donors (Lipinski definition) is 0. The molecule has 0 bridgehead atoms. The first-order valence-corrected chi connectivity index (χ1v) is 22.4. The van der Waals surface area contributed by atoms with E-state index in [1.165, 1.54) is 142 Å². The summed E-state index contributed by atoms with van der Waals surface area (Å²) in [7, 11) is 0. The average molecular weight is 811 g/mol. The summed E-state index contributed by atoms with van der Waals surface area (Å²) < 4.78 is 0. The Morgan fingerprint density at radius 1 is 0.188 bits per heavy atom. The molecule has 13 rings (SSSR count). The summed E-state index contributed by atoms with van der Waals surface area (Å²) in [5.41, 5.74) is 12.7. The molecule has 0 aromatic heterocycles. The van der Waals surface area contributed by atoms with Gasteiger partial charge >= 0.3 is 0 Å². The van der Waals surface area contributed by atoms with Gasteiger partial charge in [-0.05, 0) is 180 Å². The zero-order valence-corrected chi connectivity index (χ0v) is 35.8. The van der Waals surface area contributed by atoms with E-state index in [0.717, 1.165) is 0 Å². The van der Waals surface area contributed by atoms with Crippen molar-refractivity contribution in [2.45, 2.75) is 13.8 Å². The van der Waals surface area contributed by atoms with Crippen LogP contribution >= 0.6 is 0 Å². The number of hydrogen-bond acceptors (Lipinski definition) is 0. The zero-order valence-electron chi connectivity index (χ0n) is 35.8. The lowest BCUT2D eigenvalue weighted by molar-refractivity contribution is 1.40. The van der Waals surface area contributed by atoms with Crippen molar-refractivity contribution < 1.29 is 0 Å². The minimum absolute atomic E-state index is 1.24. The molecule has 0 saturated carbocycles. The third kappa shape index (κ3) is 5.36. The molecule has 0 N–H and O–H groups in total. The molecule has 0 fully saturated rings. The Hall–Kier alpha value is -8.06. The molecular formula is C64H42. The maximum absolute atomic E-state index is 2.47. The molecule has 0 spiro atoms. The van der Waals surface area contributed by atoms with Gasteiger partial charge in [-0.25, -0.2) is 0 Å². The average Bonchev–Trinajstić information content (AvgIpc) is 3.36. The molecular weight excluding hydrogens is 769 g/mol. The van der Waals surface area contributed by atoms with E-state index in [1.807, 2.05) is 0 Å². The predicted molar refractivity (Wildman–Crippen MR) is 278 cm³/mol. The van der Waals surface area contributed by atoms with Crippen LogP contribution in [0, 0.1) is 13.8 Å². The van der Waals surface area contributed by atoms with E-state index in [4.69, 9.17) is 0 Å². The van der Waals surface area contributed by atoms with Gasteiger partial charge < -0.3 is 0 Å². The first-order valence-electron chi connectivity index (χ1n) is 22.4. The first kappa shape index (κ1) is 36.6. The molecule has 0 heterocycles. The quantitative estimate of drug-likeness (QED) is 0.155. The zero-order chi connectivity index (χ0) is 42.5. The molecule has 0 unspecified atom stereocenters. The molecule has 0 aliphatic heterocycles. The van der Waals surface area contributed by atoms with Gasteiger partial charge in [0.15, 0.2) is 0 Å². The smallest absolute Gasteiger partial charge is 0.00601 e. The molecule has 0 radical (unpaired) electrons. The highest BCUT2D eigenvalue weighted by Crippen LogP contribution is 2.54. The van der Waals surface area contributed by atoms with Crippen LogP contribution in [-0.2, 0) is 0 Å². The Bertz CT molecular complexity index is 3560. The third-order valence-corrected chi connectivity index (χ3v) is 14.1. The standard InChI is InChI=1S/C64H42/c1-39-61(57-35-41-19-3-7-23-45(41)49-27-11-15-31-53(49)57)63(59-37-43-21-5-9-25-47(43)51-29-13-17-33-55(51)59)40(2)64(60-38-44-22-6-10-26-48(44)52-30-14-18-34-56(52)60)62(39)58-36-42-20-4-8-24-46(42)50-28-12-16-32-54(50)58/h3-38H,1-2H3. The second-order valence-corrected chi connectivity index (χ2v) is 17.5. The molecule has 0 saturated heterocycles. The van der Waals surface area contributed by atoms with Crippen molar-refractivity contribution in [2.24, 2.45) is 0 Å². The highest BCUT2D eigenvalue weighted by molar-refractivity contribution is 6.24. The highest BCUT2D eigenvalue weighted by atomic mass is 14.3. The Labute approximate surface area is 372 Å². The van der Waals surface area contributed by atoms with Gasteiger partial charge in [-0.3, -0.25) is 0 Å². The summed E-state index contributed by atoms with van der Waals surface area (Å²) in [5, 5.41) is 20.2. The molecule has 13 aromatic rings. The van der Waals surface area contributed by atoms with Crippen molar-refractivity contribution in [1.82, 2.24) is 0 Å². The lowest BCUT2D eigenvalue weighted by atomic mass is 9.74. The van der Waals surface area contributed by atoms with Crippen LogP contribution in [0.4, 0.5) is 0 Å². The van der Waals surface area contributed by atoms with Crippen LogP contribution < -0.4 is 0 Å². The Balaban J connectivity index is 1.31. The maximum atomic E-state index is 2.47. The Morgan fingerprint density at radius 2 is 0.359 bits per heavy atom. The summed E-state index contributed by atoms with van der Waals surface area (Å²) in [6.45, 7) is 4.83. The van der Waals surface area contributed by atoms with E-state index in [2.05, 4.69) is 232 Å². The summed E-state index contributed by atoms with van der Waals surface area (Å²) in [6.07, 6.45) is 0. The fourth-order valence-electron chi connectivity index (χ4n) is 11.4. The topological polar surface area (TPSA) is 0 Å². The fraction of sp³-hybridized carbons (Fsp3) is 0.0312. The minimum atomic E-state index is 1.24. The van der Waals surface area contributed by atoms with Crippen molar-refractivity contribution in [2.75, 3.05) is 0 Å². The van der Waals surface area contributed by atoms with Gasteiger partial charge in [0, 0.05) is 0 Å². The molecule has 0 amide bonds. The van der Waals surface area contributed by atoms with Crippen molar-refractivity contribution >= 4 is 86.2 Å². The van der Waals surface area contributed by atoms with E-state index in [9.17, 15) is 0 Å². The summed E-state index contributed by atoms with van der Waals surface area (Å²) in [4.78, 5) is 0.